The van der Waals surface area contributed by atoms with Crippen molar-refractivity contribution in [2.45, 2.75) is 38.5 Å². The van der Waals surface area contributed by atoms with Crippen LogP contribution in [-0.2, 0) is 6.42 Å². The Balaban J connectivity index is 1.88. The van der Waals surface area contributed by atoms with Crippen LogP contribution in [0.3, 0.4) is 0 Å². The van der Waals surface area contributed by atoms with Crippen LogP contribution in [0.5, 0.6) is 5.75 Å². The minimum atomic E-state index is 0.657. The molecule has 2 aromatic carbocycles. The van der Waals surface area contributed by atoms with E-state index in [1.807, 2.05) is 0 Å². The van der Waals surface area contributed by atoms with Gasteiger partial charge in [-0.3, -0.25) is 0 Å². The van der Waals surface area contributed by atoms with Gasteiger partial charge in [-0.05, 0) is 54.9 Å². The first-order valence-electron chi connectivity index (χ1n) is 7.51. The number of aryl methyl sites for hydroxylation is 1. The van der Waals surface area contributed by atoms with Gasteiger partial charge in [-0.25, -0.2) is 0 Å². The Labute approximate surface area is 122 Å². The molecule has 1 heteroatoms. The van der Waals surface area contributed by atoms with Crippen LogP contribution >= 0.6 is 0 Å². The second kappa shape index (κ2) is 7.74. The van der Waals surface area contributed by atoms with Crippen molar-refractivity contribution >= 4 is 0 Å². The molecule has 2 rings (SSSR count). The van der Waals surface area contributed by atoms with Crippen molar-refractivity contribution < 1.29 is 4.74 Å². The fourth-order valence-electron chi connectivity index (χ4n) is 2.68. The molecule has 106 valence electrons. The lowest BCUT2D eigenvalue weighted by molar-refractivity contribution is 0.414. The summed E-state index contributed by atoms with van der Waals surface area (Å²) in [5.41, 5.74) is 2.87. The zero-order valence-electron chi connectivity index (χ0n) is 12.5. The van der Waals surface area contributed by atoms with Gasteiger partial charge in [0, 0.05) is 0 Å². The lowest BCUT2D eigenvalue weighted by Gasteiger charge is -2.15. The molecule has 0 amide bonds. The summed E-state index contributed by atoms with van der Waals surface area (Å²) in [5, 5.41) is 0. The summed E-state index contributed by atoms with van der Waals surface area (Å²) in [6.45, 7) is 2.28. The highest BCUT2D eigenvalue weighted by molar-refractivity contribution is 5.29. The monoisotopic (exact) mass is 268 g/mol. The van der Waals surface area contributed by atoms with Gasteiger partial charge in [-0.2, -0.15) is 0 Å². The maximum atomic E-state index is 5.22. The highest BCUT2D eigenvalue weighted by Gasteiger charge is 2.09. The average Bonchev–Trinajstić information content (AvgIpc) is 2.53. The molecule has 0 aliphatic rings. The van der Waals surface area contributed by atoms with Gasteiger partial charge in [0.1, 0.15) is 5.75 Å². The fraction of sp³-hybridized carbons (Fsp3) is 0.368. The van der Waals surface area contributed by atoms with Crippen LogP contribution in [0.4, 0.5) is 0 Å². The number of hydrogen-bond acceptors (Lipinski definition) is 1. The molecular formula is C19H24O. The first-order chi connectivity index (χ1) is 9.83. The van der Waals surface area contributed by atoms with Crippen LogP contribution in [0.25, 0.3) is 0 Å². The summed E-state index contributed by atoms with van der Waals surface area (Å²) in [6.07, 6.45) is 4.86. The predicted molar refractivity (Wildman–Crippen MR) is 85.4 cm³/mol. The van der Waals surface area contributed by atoms with Crippen molar-refractivity contribution in [2.24, 2.45) is 0 Å². The van der Waals surface area contributed by atoms with Gasteiger partial charge < -0.3 is 4.74 Å². The molecule has 0 aliphatic carbocycles. The van der Waals surface area contributed by atoms with Gasteiger partial charge in [0.25, 0.3) is 0 Å². The Bertz CT molecular complexity index is 487. The number of rotatable bonds is 7. The highest BCUT2D eigenvalue weighted by Crippen LogP contribution is 2.27. The summed E-state index contributed by atoms with van der Waals surface area (Å²) in [6, 6.07) is 19.3. The molecule has 0 aromatic heterocycles. The van der Waals surface area contributed by atoms with Crippen LogP contribution < -0.4 is 4.74 Å². The van der Waals surface area contributed by atoms with Crippen molar-refractivity contribution in [3.63, 3.8) is 0 Å². The normalized spacial score (nSPS) is 12.1. The van der Waals surface area contributed by atoms with E-state index < -0.39 is 0 Å². The van der Waals surface area contributed by atoms with Crippen LogP contribution in [0.15, 0.2) is 54.6 Å². The maximum absolute atomic E-state index is 5.22. The van der Waals surface area contributed by atoms with Crippen molar-refractivity contribution in [3.8, 4) is 5.75 Å². The topological polar surface area (TPSA) is 9.23 Å². The molecule has 0 N–H and O–H groups in total. The summed E-state index contributed by atoms with van der Waals surface area (Å²) < 4.78 is 5.22. The molecule has 1 nitrogen and oxygen atoms in total. The molecule has 0 saturated heterocycles. The number of ether oxygens (including phenoxy) is 1. The molecular weight excluding hydrogens is 244 g/mol. The van der Waals surface area contributed by atoms with Crippen LogP contribution in [0.1, 0.15) is 43.2 Å². The van der Waals surface area contributed by atoms with E-state index in [0.717, 1.165) is 5.75 Å². The van der Waals surface area contributed by atoms with Gasteiger partial charge in [0.15, 0.2) is 0 Å². The Kier molecular flexibility index (Phi) is 5.67. The smallest absolute Gasteiger partial charge is 0.118 e. The second-order valence-electron chi connectivity index (χ2n) is 5.26. The number of hydrogen-bond donors (Lipinski definition) is 0. The van der Waals surface area contributed by atoms with Crippen LogP contribution in [0.2, 0.25) is 0 Å². The van der Waals surface area contributed by atoms with E-state index in [9.17, 15) is 0 Å². The SMILES string of the molecule is CCC(CCCc1ccccc1)c1ccc(OC)cc1. The molecule has 0 saturated carbocycles. The summed E-state index contributed by atoms with van der Waals surface area (Å²) in [4.78, 5) is 0. The molecule has 0 spiro atoms. The van der Waals surface area contributed by atoms with E-state index >= 15 is 0 Å². The van der Waals surface area contributed by atoms with E-state index in [4.69, 9.17) is 4.74 Å². The fourth-order valence-corrected chi connectivity index (χ4v) is 2.68. The second-order valence-corrected chi connectivity index (χ2v) is 5.26. The third-order valence-corrected chi connectivity index (χ3v) is 3.94. The molecule has 0 radical (unpaired) electrons. The first-order valence-corrected chi connectivity index (χ1v) is 7.51. The molecule has 1 atom stereocenters. The predicted octanol–water partition coefficient (Wildman–Crippen LogP) is 5.21. The maximum Gasteiger partial charge on any atom is 0.118 e. The highest BCUT2D eigenvalue weighted by atomic mass is 16.5. The van der Waals surface area contributed by atoms with Gasteiger partial charge >= 0.3 is 0 Å². The minimum absolute atomic E-state index is 0.657. The zero-order chi connectivity index (χ0) is 14.2. The molecule has 0 fully saturated rings. The van der Waals surface area contributed by atoms with E-state index in [-0.39, 0.29) is 0 Å². The van der Waals surface area contributed by atoms with E-state index in [1.54, 1.807) is 7.11 Å². The Morgan fingerprint density at radius 3 is 2.25 bits per heavy atom. The van der Waals surface area contributed by atoms with Gasteiger partial charge in [-0.1, -0.05) is 49.4 Å². The van der Waals surface area contributed by atoms with Crippen LogP contribution in [-0.4, -0.2) is 7.11 Å². The minimum Gasteiger partial charge on any atom is -0.497 e. The third-order valence-electron chi connectivity index (χ3n) is 3.94. The molecule has 0 aliphatic heterocycles. The Morgan fingerprint density at radius 2 is 1.65 bits per heavy atom. The van der Waals surface area contributed by atoms with Crippen molar-refractivity contribution in [3.05, 3.63) is 65.7 Å². The van der Waals surface area contributed by atoms with Crippen molar-refractivity contribution in [2.75, 3.05) is 7.11 Å². The quantitative estimate of drug-likeness (QED) is 0.669. The van der Waals surface area contributed by atoms with Crippen molar-refractivity contribution in [1.82, 2.24) is 0 Å². The average molecular weight is 268 g/mol. The van der Waals surface area contributed by atoms with E-state index in [2.05, 4.69) is 61.5 Å². The lowest BCUT2D eigenvalue weighted by Crippen LogP contribution is -1.99. The summed E-state index contributed by atoms with van der Waals surface area (Å²) >= 11 is 0. The Morgan fingerprint density at radius 1 is 0.950 bits per heavy atom. The largest absolute Gasteiger partial charge is 0.497 e. The van der Waals surface area contributed by atoms with Gasteiger partial charge in [-0.15, -0.1) is 0 Å². The van der Waals surface area contributed by atoms with Crippen molar-refractivity contribution in [1.29, 1.82) is 0 Å². The van der Waals surface area contributed by atoms with E-state index in [0.29, 0.717) is 5.92 Å². The molecule has 1 unspecified atom stereocenters. The standard InChI is InChI=1S/C19H24O/c1-3-17(18-12-14-19(20-2)15-13-18)11-7-10-16-8-5-4-6-9-16/h4-6,8-9,12-15,17H,3,7,10-11H2,1-2H3. The molecule has 0 bridgehead atoms. The third kappa shape index (κ3) is 4.12. The Hall–Kier alpha value is -1.76. The van der Waals surface area contributed by atoms with Gasteiger partial charge in [0.2, 0.25) is 0 Å². The summed E-state index contributed by atoms with van der Waals surface area (Å²) in [7, 11) is 1.71. The summed E-state index contributed by atoms with van der Waals surface area (Å²) in [5.74, 6) is 1.59. The van der Waals surface area contributed by atoms with Gasteiger partial charge in [0.05, 0.1) is 7.11 Å². The van der Waals surface area contributed by atoms with E-state index in [1.165, 1.54) is 36.8 Å². The first kappa shape index (κ1) is 14.6. The molecule has 20 heavy (non-hydrogen) atoms. The zero-order valence-corrected chi connectivity index (χ0v) is 12.5. The number of methoxy groups -OCH3 is 1. The molecule has 2 aromatic rings. The number of benzene rings is 2. The lowest BCUT2D eigenvalue weighted by atomic mass is 9.90. The van der Waals surface area contributed by atoms with Crippen LogP contribution in [0, 0.1) is 0 Å². The molecule has 0 heterocycles.